The summed E-state index contributed by atoms with van der Waals surface area (Å²) in [7, 11) is 0. The second kappa shape index (κ2) is 9.18. The fraction of sp³-hybridized carbons (Fsp3) is 0.160. The Morgan fingerprint density at radius 3 is 1.52 bits per heavy atom. The summed E-state index contributed by atoms with van der Waals surface area (Å²) in [5.74, 6) is -1.65. The number of rotatable bonds is 7. The van der Waals surface area contributed by atoms with Crippen LogP contribution >= 0.6 is 11.8 Å². The summed E-state index contributed by atoms with van der Waals surface area (Å²) in [4.78, 5) is 41.4. The van der Waals surface area contributed by atoms with Gasteiger partial charge in [0.25, 0.3) is 11.8 Å². The van der Waals surface area contributed by atoms with Crippen molar-refractivity contribution in [1.29, 1.82) is 0 Å². The molecule has 5 nitrogen and oxygen atoms in total. The first-order valence-electron chi connectivity index (χ1n) is 9.98. The van der Waals surface area contributed by atoms with E-state index in [-0.39, 0.29) is 18.6 Å². The second-order valence-electron chi connectivity index (χ2n) is 7.11. The highest BCUT2D eigenvalue weighted by Gasteiger charge is 2.39. The van der Waals surface area contributed by atoms with E-state index < -0.39 is 22.5 Å². The summed E-state index contributed by atoms with van der Waals surface area (Å²) in [5, 5.41) is 0.595. The minimum atomic E-state index is -0.679. The third-order valence-corrected chi connectivity index (χ3v) is 6.67. The van der Waals surface area contributed by atoms with Gasteiger partial charge in [0.1, 0.15) is 0 Å². The molecule has 1 fully saturated rings. The van der Waals surface area contributed by atoms with Crippen molar-refractivity contribution >= 4 is 29.5 Å². The van der Waals surface area contributed by atoms with Crippen molar-refractivity contribution in [1.82, 2.24) is 5.06 Å². The number of hydrogen-bond donors (Lipinski definition) is 0. The normalized spacial score (nSPS) is 14.0. The Hall–Kier alpha value is -3.38. The Bertz CT molecular complexity index is 958. The predicted octanol–water partition coefficient (Wildman–Crippen LogP) is 4.32. The number of thioether (sulfide) groups is 1. The molecule has 0 aromatic heterocycles. The number of nitrogens with zero attached hydrogens (tertiary/aromatic N) is 1. The first kappa shape index (κ1) is 20.9. The first-order valence-corrected chi connectivity index (χ1v) is 11.0. The lowest BCUT2D eigenvalue weighted by atomic mass is 9.84. The van der Waals surface area contributed by atoms with Gasteiger partial charge in [0, 0.05) is 12.8 Å². The van der Waals surface area contributed by atoms with Crippen LogP contribution in [-0.4, -0.2) is 28.6 Å². The minimum absolute atomic E-state index is 0.0459. The average molecular weight is 432 g/mol. The molecule has 0 radical (unpaired) electrons. The van der Waals surface area contributed by atoms with E-state index in [0.29, 0.717) is 5.06 Å². The van der Waals surface area contributed by atoms with Crippen LogP contribution in [0.1, 0.15) is 29.5 Å². The Labute approximate surface area is 185 Å². The molecule has 0 spiro atoms. The third-order valence-electron chi connectivity index (χ3n) is 5.15. The van der Waals surface area contributed by atoms with Crippen LogP contribution in [0.25, 0.3) is 0 Å². The number of amides is 2. The number of carbonyl (C=O) groups is 3. The van der Waals surface area contributed by atoms with Crippen LogP contribution in [0.15, 0.2) is 91.0 Å². The lowest BCUT2D eigenvalue weighted by Gasteiger charge is -2.35. The average Bonchev–Trinajstić information content (AvgIpc) is 3.14. The van der Waals surface area contributed by atoms with Gasteiger partial charge in [-0.25, -0.2) is 4.79 Å². The molecule has 3 aromatic carbocycles. The summed E-state index contributed by atoms with van der Waals surface area (Å²) in [6, 6.07) is 29.9. The van der Waals surface area contributed by atoms with Crippen LogP contribution in [-0.2, 0) is 24.0 Å². The Morgan fingerprint density at radius 1 is 0.742 bits per heavy atom. The van der Waals surface area contributed by atoms with Gasteiger partial charge in [-0.2, -0.15) is 0 Å². The summed E-state index contributed by atoms with van der Waals surface area (Å²) in [6.45, 7) is 0. The summed E-state index contributed by atoms with van der Waals surface area (Å²) >= 11 is 1.40. The van der Waals surface area contributed by atoms with E-state index in [0.717, 1.165) is 16.7 Å². The van der Waals surface area contributed by atoms with E-state index >= 15 is 0 Å². The van der Waals surface area contributed by atoms with Gasteiger partial charge in [-0.3, -0.25) is 9.59 Å². The molecule has 31 heavy (non-hydrogen) atoms. The highest BCUT2D eigenvalue weighted by atomic mass is 32.2. The zero-order chi connectivity index (χ0) is 21.7. The van der Waals surface area contributed by atoms with Gasteiger partial charge >= 0.3 is 5.97 Å². The van der Waals surface area contributed by atoms with Crippen LogP contribution in [0, 0.1) is 0 Å². The highest BCUT2D eigenvalue weighted by molar-refractivity contribution is 8.01. The molecule has 1 aliphatic heterocycles. The van der Waals surface area contributed by atoms with Gasteiger partial charge < -0.3 is 4.84 Å². The van der Waals surface area contributed by atoms with Crippen molar-refractivity contribution < 1.29 is 19.2 Å². The third kappa shape index (κ3) is 4.25. The number of imide groups is 1. The molecule has 0 saturated carbocycles. The lowest BCUT2D eigenvalue weighted by molar-refractivity contribution is -0.195. The first-order chi connectivity index (χ1) is 15.1. The van der Waals surface area contributed by atoms with Crippen molar-refractivity contribution in [2.75, 3.05) is 5.75 Å². The molecule has 1 saturated heterocycles. The van der Waals surface area contributed by atoms with E-state index in [4.69, 9.17) is 4.84 Å². The molecule has 4 rings (SSSR count). The summed E-state index contributed by atoms with van der Waals surface area (Å²) in [5.41, 5.74) is 3.04. The van der Waals surface area contributed by atoms with E-state index in [9.17, 15) is 14.4 Å². The topological polar surface area (TPSA) is 63.7 Å². The standard InChI is InChI=1S/C25H21NO4S/c27-22-16-17-23(28)26(22)30-24(29)18-31-25(19-10-4-1-5-11-19,20-12-6-2-7-13-20)21-14-8-3-9-15-21/h1-15H,16-18H2. The molecule has 0 atom stereocenters. The van der Waals surface area contributed by atoms with Gasteiger partial charge in [-0.15, -0.1) is 16.8 Å². The smallest absolute Gasteiger partial charge is 0.329 e. The largest absolute Gasteiger partial charge is 0.343 e. The van der Waals surface area contributed by atoms with Crippen molar-refractivity contribution in [3.8, 4) is 0 Å². The SMILES string of the molecule is O=C(CSC(c1ccccc1)(c1ccccc1)c1ccccc1)ON1C(=O)CCC1=O. The van der Waals surface area contributed by atoms with Crippen LogP contribution in [0.2, 0.25) is 0 Å². The van der Waals surface area contributed by atoms with Gasteiger partial charge in [-0.05, 0) is 16.7 Å². The monoisotopic (exact) mass is 431 g/mol. The van der Waals surface area contributed by atoms with Crippen LogP contribution < -0.4 is 0 Å². The Morgan fingerprint density at radius 2 is 1.13 bits per heavy atom. The molecule has 1 aliphatic rings. The molecule has 0 unspecified atom stereocenters. The molecular formula is C25H21NO4S. The zero-order valence-electron chi connectivity index (χ0n) is 16.8. The predicted molar refractivity (Wildman–Crippen MR) is 119 cm³/mol. The fourth-order valence-corrected chi connectivity index (χ4v) is 5.02. The molecule has 156 valence electrons. The maximum absolute atomic E-state index is 12.6. The molecule has 6 heteroatoms. The maximum atomic E-state index is 12.6. The minimum Gasteiger partial charge on any atom is -0.329 e. The molecule has 0 aliphatic carbocycles. The second-order valence-corrected chi connectivity index (χ2v) is 8.30. The van der Waals surface area contributed by atoms with Gasteiger partial charge in [0.2, 0.25) is 0 Å². The van der Waals surface area contributed by atoms with Crippen molar-refractivity contribution in [3.63, 3.8) is 0 Å². The number of hydroxylamine groups is 2. The summed E-state index contributed by atoms with van der Waals surface area (Å²) in [6.07, 6.45) is 0.141. The molecule has 0 bridgehead atoms. The van der Waals surface area contributed by atoms with E-state index in [1.165, 1.54) is 11.8 Å². The molecular weight excluding hydrogens is 410 g/mol. The fourth-order valence-electron chi connectivity index (χ4n) is 3.72. The van der Waals surface area contributed by atoms with Crippen LogP contribution in [0.5, 0.6) is 0 Å². The Balaban J connectivity index is 1.71. The van der Waals surface area contributed by atoms with Crippen molar-refractivity contribution in [3.05, 3.63) is 108 Å². The van der Waals surface area contributed by atoms with Gasteiger partial charge in [0.05, 0.1) is 10.5 Å². The molecule has 0 N–H and O–H groups in total. The number of hydrogen-bond acceptors (Lipinski definition) is 5. The molecule has 1 heterocycles. The zero-order valence-corrected chi connectivity index (χ0v) is 17.6. The Kier molecular flexibility index (Phi) is 6.18. The van der Waals surface area contributed by atoms with E-state index in [1.54, 1.807) is 0 Å². The number of carbonyl (C=O) groups excluding carboxylic acids is 3. The summed E-state index contributed by atoms with van der Waals surface area (Å²) < 4.78 is -0.679. The van der Waals surface area contributed by atoms with E-state index in [1.807, 2.05) is 91.0 Å². The van der Waals surface area contributed by atoms with Crippen molar-refractivity contribution in [2.24, 2.45) is 0 Å². The maximum Gasteiger partial charge on any atom is 0.343 e. The van der Waals surface area contributed by atoms with E-state index in [2.05, 4.69) is 0 Å². The lowest BCUT2D eigenvalue weighted by Crippen LogP contribution is -2.34. The van der Waals surface area contributed by atoms with Gasteiger partial charge in [0.15, 0.2) is 0 Å². The molecule has 2 amide bonds. The highest BCUT2D eigenvalue weighted by Crippen LogP contribution is 2.48. The number of benzene rings is 3. The van der Waals surface area contributed by atoms with Crippen LogP contribution in [0.3, 0.4) is 0 Å². The van der Waals surface area contributed by atoms with Crippen molar-refractivity contribution in [2.45, 2.75) is 17.6 Å². The molecule has 3 aromatic rings. The van der Waals surface area contributed by atoms with Crippen LogP contribution in [0.4, 0.5) is 0 Å². The van der Waals surface area contributed by atoms with Gasteiger partial charge in [-0.1, -0.05) is 91.0 Å². The quantitative estimate of drug-likeness (QED) is 0.412.